The van der Waals surface area contributed by atoms with E-state index < -0.39 is 11.4 Å². The molecule has 1 N–H and O–H groups in total. The molecular weight excluding hydrogens is 498 g/mol. The van der Waals surface area contributed by atoms with Gasteiger partial charge in [-0.1, -0.05) is 58.0 Å². The molecule has 1 fully saturated rings. The summed E-state index contributed by atoms with van der Waals surface area (Å²) in [6.07, 6.45) is 4.29. The van der Waals surface area contributed by atoms with Crippen LogP contribution in [0.25, 0.3) is 11.4 Å². The molecule has 0 amide bonds. The molecule has 0 saturated carbocycles. The van der Waals surface area contributed by atoms with Gasteiger partial charge >= 0.3 is 5.97 Å². The highest BCUT2D eigenvalue weighted by Gasteiger charge is 2.39. The Balaban J connectivity index is 1.81. The van der Waals surface area contributed by atoms with E-state index in [1.54, 1.807) is 0 Å². The molecule has 40 heavy (non-hydrogen) atoms. The fourth-order valence-electron chi connectivity index (χ4n) is 5.71. The SMILES string of the molecule is CCc1cccc(CC)c1-c1nc(C)c(COc2cc(C(C)CC)ccc2C)c(N2CCC[C@](C)(C(=O)O)C2)n1. The van der Waals surface area contributed by atoms with Crippen molar-refractivity contribution in [1.29, 1.82) is 0 Å². The number of aromatic nitrogens is 2. The average molecular weight is 544 g/mol. The molecule has 2 aromatic carbocycles. The fraction of sp³-hybridized carbons (Fsp3) is 0.500. The van der Waals surface area contributed by atoms with Gasteiger partial charge in [0.05, 0.1) is 16.7 Å². The van der Waals surface area contributed by atoms with Gasteiger partial charge in [0.2, 0.25) is 0 Å². The number of hydrogen-bond donors (Lipinski definition) is 1. The summed E-state index contributed by atoms with van der Waals surface area (Å²) < 4.78 is 6.48. The van der Waals surface area contributed by atoms with Crippen molar-refractivity contribution in [3.05, 3.63) is 69.9 Å². The highest BCUT2D eigenvalue weighted by molar-refractivity contribution is 5.76. The average Bonchev–Trinajstić information content (AvgIpc) is 2.95. The zero-order valence-corrected chi connectivity index (χ0v) is 25.3. The predicted molar refractivity (Wildman–Crippen MR) is 162 cm³/mol. The van der Waals surface area contributed by atoms with Gasteiger partial charge in [-0.2, -0.15) is 0 Å². The van der Waals surface area contributed by atoms with E-state index in [0.29, 0.717) is 31.3 Å². The molecule has 0 bridgehead atoms. The highest BCUT2D eigenvalue weighted by atomic mass is 16.5. The maximum atomic E-state index is 12.2. The smallest absolute Gasteiger partial charge is 0.311 e. The van der Waals surface area contributed by atoms with Crippen molar-refractivity contribution in [2.45, 2.75) is 93.1 Å². The van der Waals surface area contributed by atoms with Crippen molar-refractivity contribution < 1.29 is 14.6 Å². The number of aryl methyl sites for hydroxylation is 4. The number of rotatable bonds is 10. The minimum absolute atomic E-state index is 0.322. The van der Waals surface area contributed by atoms with Crippen LogP contribution in [0.15, 0.2) is 36.4 Å². The van der Waals surface area contributed by atoms with Gasteiger partial charge in [0.25, 0.3) is 0 Å². The minimum Gasteiger partial charge on any atom is -0.488 e. The van der Waals surface area contributed by atoms with Crippen LogP contribution in [0.4, 0.5) is 5.82 Å². The Morgan fingerprint density at radius 3 is 2.42 bits per heavy atom. The van der Waals surface area contributed by atoms with Crippen LogP contribution in [0.1, 0.15) is 93.3 Å². The van der Waals surface area contributed by atoms with Gasteiger partial charge < -0.3 is 14.7 Å². The Morgan fingerprint density at radius 2 is 1.80 bits per heavy atom. The molecule has 1 unspecified atom stereocenters. The van der Waals surface area contributed by atoms with Crippen molar-refractivity contribution in [3.8, 4) is 17.1 Å². The number of carbonyl (C=O) groups is 1. The number of anilines is 1. The van der Waals surface area contributed by atoms with E-state index in [1.165, 1.54) is 16.7 Å². The third-order valence-corrected chi connectivity index (χ3v) is 8.69. The predicted octanol–water partition coefficient (Wildman–Crippen LogP) is 7.67. The third-order valence-electron chi connectivity index (χ3n) is 8.69. The Morgan fingerprint density at radius 1 is 1.10 bits per heavy atom. The second-order valence-corrected chi connectivity index (χ2v) is 11.6. The van der Waals surface area contributed by atoms with Crippen LogP contribution in [-0.2, 0) is 24.2 Å². The molecule has 214 valence electrons. The number of ether oxygens (including phenoxy) is 1. The standard InChI is InChI=1S/C34H45N3O3/c1-8-22(4)27-16-15-23(5)29(19-27)40-20-28-24(6)35-31(30-25(9-2)13-11-14-26(30)10-3)36-32(28)37-18-12-17-34(7,21-37)33(38)39/h11,13-16,19,22H,8-10,12,17-18,20-21H2,1-7H3,(H,38,39)/t22?,34-/m0/s1. The minimum atomic E-state index is -0.827. The molecule has 0 spiro atoms. The number of piperidine rings is 1. The first-order chi connectivity index (χ1) is 19.1. The number of hydrogen-bond acceptors (Lipinski definition) is 5. The van der Waals surface area contributed by atoms with Crippen LogP contribution >= 0.6 is 0 Å². The molecule has 0 radical (unpaired) electrons. The van der Waals surface area contributed by atoms with E-state index in [2.05, 4.69) is 75.9 Å². The number of carboxylic acids is 1. The number of aliphatic carboxylic acids is 1. The van der Waals surface area contributed by atoms with Gasteiger partial charge in [-0.05, 0) is 87.1 Å². The van der Waals surface area contributed by atoms with Crippen LogP contribution in [0.5, 0.6) is 5.75 Å². The van der Waals surface area contributed by atoms with Gasteiger partial charge in [0.15, 0.2) is 5.82 Å². The molecule has 2 atom stereocenters. The van der Waals surface area contributed by atoms with Gasteiger partial charge in [0.1, 0.15) is 18.2 Å². The summed E-state index contributed by atoms with van der Waals surface area (Å²) in [4.78, 5) is 24.6. The summed E-state index contributed by atoms with van der Waals surface area (Å²) in [5.74, 6) is 2.06. The lowest BCUT2D eigenvalue weighted by atomic mass is 9.82. The molecule has 1 aliphatic heterocycles. The second kappa shape index (κ2) is 12.4. The molecule has 1 aromatic heterocycles. The van der Waals surface area contributed by atoms with Gasteiger partial charge in [-0.25, -0.2) is 9.97 Å². The fourth-order valence-corrected chi connectivity index (χ4v) is 5.71. The zero-order chi connectivity index (χ0) is 29.0. The number of benzene rings is 2. The summed E-state index contributed by atoms with van der Waals surface area (Å²) >= 11 is 0. The molecule has 1 saturated heterocycles. The lowest BCUT2D eigenvalue weighted by Gasteiger charge is -2.39. The normalized spacial score (nSPS) is 18.0. The summed E-state index contributed by atoms with van der Waals surface area (Å²) in [6.45, 7) is 16.2. The monoisotopic (exact) mass is 543 g/mol. The van der Waals surface area contributed by atoms with Crippen LogP contribution in [0, 0.1) is 19.3 Å². The maximum Gasteiger partial charge on any atom is 0.311 e. The second-order valence-electron chi connectivity index (χ2n) is 11.6. The largest absolute Gasteiger partial charge is 0.488 e. The molecule has 2 heterocycles. The van der Waals surface area contributed by atoms with E-state index in [4.69, 9.17) is 14.7 Å². The number of nitrogens with zero attached hydrogens (tertiary/aromatic N) is 3. The van der Waals surface area contributed by atoms with Crippen LogP contribution in [0.3, 0.4) is 0 Å². The van der Waals surface area contributed by atoms with E-state index in [-0.39, 0.29) is 0 Å². The van der Waals surface area contributed by atoms with Crippen molar-refractivity contribution >= 4 is 11.8 Å². The van der Waals surface area contributed by atoms with Crippen LogP contribution in [-0.4, -0.2) is 34.1 Å². The molecular formula is C34H45N3O3. The first-order valence-electron chi connectivity index (χ1n) is 14.8. The molecule has 6 nitrogen and oxygen atoms in total. The maximum absolute atomic E-state index is 12.2. The van der Waals surface area contributed by atoms with Crippen LogP contribution in [0.2, 0.25) is 0 Å². The van der Waals surface area contributed by atoms with Crippen molar-refractivity contribution in [2.75, 3.05) is 18.0 Å². The molecule has 3 aromatic rings. The Kier molecular flexibility index (Phi) is 9.17. The Hall–Kier alpha value is -3.41. The lowest BCUT2D eigenvalue weighted by molar-refractivity contribution is -0.148. The summed E-state index contributed by atoms with van der Waals surface area (Å²) in [5, 5.41) is 10.0. The summed E-state index contributed by atoms with van der Waals surface area (Å²) in [5.41, 5.74) is 6.85. The molecule has 1 aliphatic rings. The topological polar surface area (TPSA) is 75.5 Å². The van der Waals surface area contributed by atoms with Crippen molar-refractivity contribution in [1.82, 2.24) is 9.97 Å². The van der Waals surface area contributed by atoms with E-state index in [0.717, 1.165) is 66.2 Å². The van der Waals surface area contributed by atoms with Gasteiger partial charge in [0, 0.05) is 18.7 Å². The summed E-state index contributed by atoms with van der Waals surface area (Å²) in [6, 6.07) is 12.9. The first kappa shape index (κ1) is 29.6. The quantitative estimate of drug-likeness (QED) is 0.283. The van der Waals surface area contributed by atoms with Crippen molar-refractivity contribution in [3.63, 3.8) is 0 Å². The molecule has 4 rings (SSSR count). The first-order valence-corrected chi connectivity index (χ1v) is 14.8. The van der Waals surface area contributed by atoms with Gasteiger partial charge in [-0.15, -0.1) is 0 Å². The number of carboxylic acid groups (broad SMARTS) is 1. The zero-order valence-electron chi connectivity index (χ0n) is 25.3. The highest BCUT2D eigenvalue weighted by Crippen LogP contribution is 2.37. The third kappa shape index (κ3) is 6.01. The van der Waals surface area contributed by atoms with E-state index >= 15 is 0 Å². The van der Waals surface area contributed by atoms with Crippen molar-refractivity contribution in [2.24, 2.45) is 5.41 Å². The summed E-state index contributed by atoms with van der Waals surface area (Å²) in [7, 11) is 0. The van der Waals surface area contributed by atoms with E-state index in [9.17, 15) is 9.90 Å². The van der Waals surface area contributed by atoms with Crippen LogP contribution < -0.4 is 9.64 Å². The van der Waals surface area contributed by atoms with E-state index in [1.807, 2.05) is 13.8 Å². The lowest BCUT2D eigenvalue weighted by Crippen LogP contribution is -2.47. The Bertz CT molecular complexity index is 1350. The molecule has 0 aliphatic carbocycles. The molecule has 6 heteroatoms. The van der Waals surface area contributed by atoms with Gasteiger partial charge in [-0.3, -0.25) is 4.79 Å². The Labute approximate surface area is 239 Å².